The summed E-state index contributed by atoms with van der Waals surface area (Å²) in [5.41, 5.74) is -0.125. The van der Waals surface area contributed by atoms with Crippen molar-refractivity contribution < 1.29 is 13.2 Å². The van der Waals surface area contributed by atoms with Gasteiger partial charge in [0.1, 0.15) is 0 Å². The molecule has 1 aromatic heterocycles. The van der Waals surface area contributed by atoms with E-state index in [1.54, 1.807) is 0 Å². The predicted octanol–water partition coefficient (Wildman–Crippen LogP) is 1.33. The van der Waals surface area contributed by atoms with Gasteiger partial charge in [0.25, 0.3) is 0 Å². The van der Waals surface area contributed by atoms with Crippen molar-refractivity contribution in [1.29, 1.82) is 0 Å². The van der Waals surface area contributed by atoms with Crippen molar-refractivity contribution >= 4 is 11.5 Å². The predicted molar refractivity (Wildman–Crippen MR) is 66.5 cm³/mol. The molecule has 104 valence electrons. The van der Waals surface area contributed by atoms with Gasteiger partial charge in [-0.3, -0.25) is 0 Å². The lowest BCUT2D eigenvalue weighted by Gasteiger charge is -2.45. The van der Waals surface area contributed by atoms with Crippen LogP contribution in [0.15, 0.2) is 12.3 Å². The van der Waals surface area contributed by atoms with E-state index in [9.17, 15) is 13.2 Å². The molecule has 4 nitrogen and oxygen atoms in total. The Kier molecular flexibility index (Phi) is 2.81. The molecule has 3 rings (SSSR count). The van der Waals surface area contributed by atoms with Gasteiger partial charge in [0, 0.05) is 39.4 Å². The smallest absolute Gasteiger partial charge is 0.369 e. The van der Waals surface area contributed by atoms with E-state index >= 15 is 0 Å². The Morgan fingerprint density at radius 3 is 2.95 bits per heavy atom. The quantitative estimate of drug-likeness (QED) is 0.772. The van der Waals surface area contributed by atoms with Gasteiger partial charge in [0.15, 0.2) is 5.82 Å². The molecule has 0 aromatic carbocycles. The summed E-state index contributed by atoms with van der Waals surface area (Å²) in [4.78, 5) is 8.01. The van der Waals surface area contributed by atoms with Crippen LogP contribution in [0.25, 0.3) is 0 Å². The summed E-state index contributed by atoms with van der Waals surface area (Å²) in [6, 6.07) is 1.47. The molecule has 0 radical (unpaired) electrons. The standard InChI is InChI=1S/C12H15F3N4/c1-18-7-9-6-16-2-3-19(9)11-10(18)4-8(5-17-11)12(13,14)15/h4-5,9,16H,2-3,6-7H2,1H3. The fourth-order valence-corrected chi connectivity index (χ4v) is 2.72. The fourth-order valence-electron chi connectivity index (χ4n) is 2.72. The number of nitrogens with one attached hydrogen (secondary N) is 1. The molecule has 1 unspecified atom stereocenters. The maximum atomic E-state index is 12.7. The third-order valence-electron chi connectivity index (χ3n) is 3.69. The Balaban J connectivity index is 2.02. The summed E-state index contributed by atoms with van der Waals surface area (Å²) < 4.78 is 38.2. The van der Waals surface area contributed by atoms with Gasteiger partial charge in [-0.15, -0.1) is 0 Å². The summed E-state index contributed by atoms with van der Waals surface area (Å²) in [5, 5.41) is 3.29. The number of hydrogen-bond donors (Lipinski definition) is 1. The minimum absolute atomic E-state index is 0.274. The number of piperazine rings is 1. The molecule has 0 saturated carbocycles. The van der Waals surface area contributed by atoms with Crippen LogP contribution in [0.3, 0.4) is 0 Å². The Bertz CT molecular complexity index is 488. The number of hydrogen-bond acceptors (Lipinski definition) is 4. The Morgan fingerprint density at radius 2 is 2.21 bits per heavy atom. The van der Waals surface area contributed by atoms with E-state index in [-0.39, 0.29) is 6.04 Å². The molecular weight excluding hydrogens is 257 g/mol. The van der Waals surface area contributed by atoms with Gasteiger partial charge in [-0.2, -0.15) is 13.2 Å². The third kappa shape index (κ3) is 2.11. The zero-order valence-electron chi connectivity index (χ0n) is 10.5. The molecule has 0 bridgehead atoms. The molecule has 0 amide bonds. The molecule has 7 heteroatoms. The summed E-state index contributed by atoms with van der Waals surface area (Å²) in [5.74, 6) is 0.660. The van der Waals surface area contributed by atoms with Gasteiger partial charge in [0.05, 0.1) is 17.3 Å². The first-order valence-corrected chi connectivity index (χ1v) is 6.22. The van der Waals surface area contributed by atoms with Crippen molar-refractivity contribution in [2.24, 2.45) is 0 Å². The molecule has 1 aromatic rings. The summed E-state index contributed by atoms with van der Waals surface area (Å²) in [7, 11) is 1.81. The fraction of sp³-hybridized carbons (Fsp3) is 0.583. The van der Waals surface area contributed by atoms with Crippen LogP contribution in [0.4, 0.5) is 24.7 Å². The van der Waals surface area contributed by atoms with E-state index in [2.05, 4.69) is 15.2 Å². The van der Waals surface area contributed by atoms with Gasteiger partial charge < -0.3 is 15.1 Å². The lowest BCUT2D eigenvalue weighted by molar-refractivity contribution is -0.137. The van der Waals surface area contributed by atoms with Crippen molar-refractivity contribution in [3.05, 3.63) is 17.8 Å². The zero-order valence-corrected chi connectivity index (χ0v) is 10.5. The Hall–Kier alpha value is -1.50. The maximum absolute atomic E-state index is 12.7. The second-order valence-electron chi connectivity index (χ2n) is 5.00. The largest absolute Gasteiger partial charge is 0.417 e. The normalized spacial score (nSPS) is 23.1. The van der Waals surface area contributed by atoms with Gasteiger partial charge >= 0.3 is 6.18 Å². The van der Waals surface area contributed by atoms with E-state index in [0.717, 1.165) is 25.8 Å². The van der Waals surface area contributed by atoms with Crippen LogP contribution in [0.5, 0.6) is 0 Å². The van der Waals surface area contributed by atoms with E-state index < -0.39 is 11.7 Å². The van der Waals surface area contributed by atoms with Crippen LogP contribution < -0.4 is 15.1 Å². The zero-order chi connectivity index (χ0) is 13.6. The molecule has 1 N–H and O–H groups in total. The molecule has 19 heavy (non-hydrogen) atoms. The maximum Gasteiger partial charge on any atom is 0.417 e. The minimum Gasteiger partial charge on any atom is -0.369 e. The number of anilines is 2. The van der Waals surface area contributed by atoms with Crippen LogP contribution in [-0.2, 0) is 6.18 Å². The monoisotopic (exact) mass is 272 g/mol. The minimum atomic E-state index is -4.34. The highest BCUT2D eigenvalue weighted by molar-refractivity contribution is 5.71. The number of aromatic nitrogens is 1. The first-order chi connectivity index (χ1) is 8.97. The van der Waals surface area contributed by atoms with Crippen LogP contribution in [0, 0.1) is 0 Å². The molecule has 0 aliphatic carbocycles. The van der Waals surface area contributed by atoms with E-state index in [1.165, 1.54) is 6.07 Å². The molecule has 1 saturated heterocycles. The summed E-state index contributed by atoms with van der Waals surface area (Å²) in [6.45, 7) is 3.17. The van der Waals surface area contributed by atoms with Crippen LogP contribution in [0.1, 0.15) is 5.56 Å². The van der Waals surface area contributed by atoms with Crippen LogP contribution >= 0.6 is 0 Å². The molecule has 1 atom stereocenters. The van der Waals surface area contributed by atoms with Gasteiger partial charge in [-0.05, 0) is 6.07 Å². The van der Waals surface area contributed by atoms with Crippen molar-refractivity contribution in [3.8, 4) is 0 Å². The van der Waals surface area contributed by atoms with Gasteiger partial charge in [-0.1, -0.05) is 0 Å². The molecular formula is C12H15F3N4. The van der Waals surface area contributed by atoms with E-state index in [0.29, 0.717) is 18.1 Å². The number of rotatable bonds is 0. The number of nitrogens with zero attached hydrogens (tertiary/aromatic N) is 3. The average molecular weight is 272 g/mol. The number of alkyl halides is 3. The highest BCUT2D eigenvalue weighted by Crippen LogP contribution is 2.38. The third-order valence-corrected chi connectivity index (χ3v) is 3.69. The first kappa shape index (κ1) is 12.5. The lowest BCUT2D eigenvalue weighted by atomic mass is 10.1. The second kappa shape index (κ2) is 4.26. The Labute approximate surface area is 109 Å². The topological polar surface area (TPSA) is 31.4 Å². The summed E-state index contributed by atoms with van der Waals surface area (Å²) >= 11 is 0. The van der Waals surface area contributed by atoms with E-state index in [4.69, 9.17) is 0 Å². The molecule has 1 fully saturated rings. The Morgan fingerprint density at radius 1 is 1.42 bits per heavy atom. The molecule has 2 aliphatic heterocycles. The van der Waals surface area contributed by atoms with Gasteiger partial charge in [-0.25, -0.2) is 4.98 Å². The number of halogens is 3. The second-order valence-corrected chi connectivity index (χ2v) is 5.00. The number of pyridine rings is 1. The number of fused-ring (bicyclic) bond motifs is 3. The highest BCUT2D eigenvalue weighted by Gasteiger charge is 2.36. The van der Waals surface area contributed by atoms with Crippen molar-refractivity contribution in [1.82, 2.24) is 10.3 Å². The lowest BCUT2D eigenvalue weighted by Crippen LogP contribution is -2.58. The van der Waals surface area contributed by atoms with Crippen LogP contribution in [0.2, 0.25) is 0 Å². The first-order valence-electron chi connectivity index (χ1n) is 6.22. The summed E-state index contributed by atoms with van der Waals surface area (Å²) in [6.07, 6.45) is -3.42. The van der Waals surface area contributed by atoms with Crippen molar-refractivity contribution in [3.63, 3.8) is 0 Å². The molecule has 3 heterocycles. The highest BCUT2D eigenvalue weighted by atomic mass is 19.4. The average Bonchev–Trinajstić information content (AvgIpc) is 2.37. The molecule has 0 spiro atoms. The van der Waals surface area contributed by atoms with Crippen LogP contribution in [-0.4, -0.2) is 44.3 Å². The SMILES string of the molecule is CN1CC2CNCCN2c2ncc(C(F)(F)F)cc21. The van der Waals surface area contributed by atoms with Crippen molar-refractivity contribution in [2.45, 2.75) is 12.2 Å². The van der Waals surface area contributed by atoms with Crippen molar-refractivity contribution in [2.75, 3.05) is 43.0 Å². The molecule has 2 aliphatic rings. The number of likely N-dealkylation sites (N-methyl/N-ethyl adjacent to an activating group) is 1. The van der Waals surface area contributed by atoms with E-state index in [1.807, 2.05) is 11.9 Å². The van der Waals surface area contributed by atoms with Gasteiger partial charge in [0.2, 0.25) is 0 Å².